The minimum Gasteiger partial charge on any atom is -0.371 e. The number of rotatable bonds is 8. The van der Waals surface area contributed by atoms with Gasteiger partial charge < -0.3 is 15.1 Å². The van der Waals surface area contributed by atoms with Gasteiger partial charge in [-0.1, -0.05) is 38.5 Å². The van der Waals surface area contributed by atoms with Crippen molar-refractivity contribution in [3.8, 4) is 0 Å². The Bertz CT molecular complexity index is 945. The van der Waals surface area contributed by atoms with Crippen LogP contribution in [0, 0.1) is 0 Å². The lowest BCUT2D eigenvalue weighted by molar-refractivity contribution is -0.137. The monoisotopic (exact) mass is 477 g/mol. The highest BCUT2D eigenvalue weighted by Gasteiger charge is 2.30. The molecule has 0 saturated heterocycles. The topological polar surface area (TPSA) is 18.5 Å². The van der Waals surface area contributed by atoms with Gasteiger partial charge in [0, 0.05) is 37.1 Å². The van der Waals surface area contributed by atoms with Crippen molar-refractivity contribution in [1.29, 1.82) is 0 Å². The minimum absolute atomic E-state index is 0.146. The first kappa shape index (κ1) is 25.3. The van der Waals surface area contributed by atoms with Crippen molar-refractivity contribution in [2.45, 2.75) is 71.6 Å². The van der Waals surface area contributed by atoms with Crippen LogP contribution in [0.3, 0.4) is 0 Å². The lowest BCUT2D eigenvalue weighted by Crippen LogP contribution is -2.40. The number of hydrogen-bond acceptors (Lipinski definition) is 2. The van der Waals surface area contributed by atoms with Gasteiger partial charge in [0.25, 0.3) is 0 Å². The highest BCUT2D eigenvalue weighted by Crippen LogP contribution is 2.31. The van der Waals surface area contributed by atoms with Gasteiger partial charge in [-0.05, 0) is 80.2 Å². The number of alkyl halides is 3. The third-order valence-electron chi connectivity index (χ3n) is 6.32. The Balaban J connectivity index is 1.77. The van der Waals surface area contributed by atoms with Gasteiger partial charge in [-0.25, -0.2) is 0 Å². The fraction of sp³-hybridized carbons (Fsp3) is 0.500. The zero-order valence-corrected chi connectivity index (χ0v) is 20.5. The average Bonchev–Trinajstić information content (AvgIpc) is 2.80. The Morgan fingerprint density at radius 3 is 2.67 bits per heavy atom. The van der Waals surface area contributed by atoms with E-state index in [9.17, 15) is 13.2 Å². The lowest BCUT2D eigenvalue weighted by Gasteiger charge is -2.34. The molecule has 1 N–H and O–H groups in total. The molecule has 0 saturated carbocycles. The van der Waals surface area contributed by atoms with Crippen molar-refractivity contribution < 1.29 is 13.2 Å². The summed E-state index contributed by atoms with van der Waals surface area (Å²) in [4.78, 5) is 4.55. The number of aryl methyl sites for hydroxylation is 1. The fourth-order valence-corrected chi connectivity index (χ4v) is 4.58. The quantitative estimate of drug-likeness (QED) is 0.403. The number of nitrogens with one attached hydrogen (secondary N) is 1. The number of anilines is 2. The van der Waals surface area contributed by atoms with Gasteiger partial charge in [-0.3, -0.25) is 0 Å². The molecule has 1 aliphatic rings. The summed E-state index contributed by atoms with van der Waals surface area (Å²) in [7, 11) is 0. The largest absolute Gasteiger partial charge is 0.416 e. The van der Waals surface area contributed by atoms with Crippen LogP contribution in [0.2, 0.25) is 0 Å². The summed E-state index contributed by atoms with van der Waals surface area (Å²) < 4.78 is 39.3. The van der Waals surface area contributed by atoms with Crippen molar-refractivity contribution in [1.82, 2.24) is 4.90 Å². The molecule has 0 fully saturated rings. The van der Waals surface area contributed by atoms with Crippen molar-refractivity contribution >= 4 is 28.7 Å². The van der Waals surface area contributed by atoms with E-state index in [4.69, 9.17) is 12.2 Å². The van der Waals surface area contributed by atoms with E-state index in [1.165, 1.54) is 35.7 Å². The van der Waals surface area contributed by atoms with Gasteiger partial charge >= 0.3 is 6.18 Å². The summed E-state index contributed by atoms with van der Waals surface area (Å²) in [6.07, 6.45) is 1.10. The molecular formula is C26H34F3N3S. The Morgan fingerprint density at radius 1 is 1.18 bits per heavy atom. The van der Waals surface area contributed by atoms with Crippen LogP contribution in [0.5, 0.6) is 0 Å². The molecule has 2 aromatic rings. The second-order valence-electron chi connectivity index (χ2n) is 8.80. The van der Waals surface area contributed by atoms with Crippen LogP contribution in [0.15, 0.2) is 42.5 Å². The Kier molecular flexibility index (Phi) is 8.63. The summed E-state index contributed by atoms with van der Waals surface area (Å²) in [5, 5.41) is 3.47. The summed E-state index contributed by atoms with van der Waals surface area (Å²) in [6, 6.07) is 12.0. The van der Waals surface area contributed by atoms with Crippen LogP contribution in [-0.4, -0.2) is 29.1 Å². The molecule has 1 heterocycles. The number of nitrogens with zero attached hydrogens (tertiary/aromatic N) is 2. The van der Waals surface area contributed by atoms with Crippen molar-refractivity contribution in [2.24, 2.45) is 0 Å². The molecule has 0 spiro atoms. The molecule has 0 aromatic heterocycles. The number of halogens is 3. The average molecular weight is 478 g/mol. The molecule has 0 unspecified atom stereocenters. The van der Waals surface area contributed by atoms with E-state index in [1.807, 2.05) is 0 Å². The van der Waals surface area contributed by atoms with Gasteiger partial charge in [0.05, 0.1) is 5.56 Å². The van der Waals surface area contributed by atoms with Gasteiger partial charge in [0.2, 0.25) is 0 Å². The molecule has 3 rings (SSSR count). The maximum atomic E-state index is 13.1. The number of hydrogen-bond donors (Lipinski definition) is 1. The minimum atomic E-state index is -4.39. The smallest absolute Gasteiger partial charge is 0.371 e. The number of thiocarbonyl (C=S) groups is 1. The van der Waals surface area contributed by atoms with Crippen molar-refractivity contribution in [3.63, 3.8) is 0 Å². The van der Waals surface area contributed by atoms with Gasteiger partial charge in [-0.2, -0.15) is 13.2 Å². The predicted octanol–water partition coefficient (Wildman–Crippen LogP) is 7.26. The zero-order valence-electron chi connectivity index (χ0n) is 19.7. The SMILES string of the molecule is CCCCN1CCCc2cc(CN(C(=S)Nc3cccc(C(F)(F)F)c3)[C@H](C)CC)ccc21. The third-order valence-corrected chi connectivity index (χ3v) is 6.65. The van der Waals surface area contributed by atoms with Gasteiger partial charge in [0.1, 0.15) is 0 Å². The molecule has 1 atom stereocenters. The standard InChI is InChI=1S/C26H34F3N3S/c1-4-6-14-31-15-8-9-21-16-20(12-13-24(21)31)18-32(19(3)5-2)25(33)30-23-11-7-10-22(17-23)26(27,28)29/h7,10-13,16-17,19H,4-6,8-9,14-15,18H2,1-3H3,(H,30,33)/t19-/m1/s1. The van der Waals surface area contributed by atoms with Crippen molar-refractivity contribution in [3.05, 3.63) is 59.2 Å². The van der Waals surface area contributed by atoms with Crippen molar-refractivity contribution in [2.75, 3.05) is 23.3 Å². The van der Waals surface area contributed by atoms with Gasteiger partial charge in [-0.15, -0.1) is 0 Å². The number of benzene rings is 2. The number of unbranched alkanes of at least 4 members (excludes halogenated alkanes) is 1. The zero-order chi connectivity index (χ0) is 24.0. The van der Waals surface area contributed by atoms with E-state index in [0.29, 0.717) is 17.3 Å². The molecule has 0 aliphatic carbocycles. The molecule has 2 aromatic carbocycles. The van der Waals surface area contributed by atoms with E-state index in [-0.39, 0.29) is 6.04 Å². The normalized spacial score (nSPS) is 14.5. The summed E-state index contributed by atoms with van der Waals surface area (Å²) in [6.45, 7) is 9.20. The predicted molar refractivity (Wildman–Crippen MR) is 135 cm³/mol. The molecular weight excluding hydrogens is 443 g/mol. The summed E-state index contributed by atoms with van der Waals surface area (Å²) in [5.41, 5.74) is 3.53. The van der Waals surface area contributed by atoms with E-state index in [0.717, 1.165) is 44.5 Å². The van der Waals surface area contributed by atoms with E-state index in [1.54, 1.807) is 6.07 Å². The Morgan fingerprint density at radius 2 is 1.97 bits per heavy atom. The van der Waals surface area contributed by atoms with Crippen LogP contribution >= 0.6 is 12.2 Å². The first-order chi connectivity index (χ1) is 15.7. The lowest BCUT2D eigenvalue weighted by atomic mass is 9.98. The maximum Gasteiger partial charge on any atom is 0.416 e. The Hall–Kier alpha value is -2.28. The first-order valence-electron chi connectivity index (χ1n) is 11.8. The maximum absolute atomic E-state index is 13.1. The van der Waals surface area contributed by atoms with Gasteiger partial charge in [0.15, 0.2) is 5.11 Å². The van der Waals surface area contributed by atoms with Crippen LogP contribution in [0.4, 0.5) is 24.5 Å². The molecule has 0 bridgehead atoms. The molecule has 7 heteroatoms. The Labute approximate surface area is 201 Å². The molecule has 1 aliphatic heterocycles. The van der Waals surface area contributed by atoms with E-state index in [2.05, 4.69) is 54.1 Å². The van der Waals surface area contributed by atoms with Crippen LogP contribution in [0.1, 0.15) is 63.1 Å². The third kappa shape index (κ3) is 6.62. The second kappa shape index (κ2) is 11.2. The van der Waals surface area contributed by atoms with E-state index < -0.39 is 11.7 Å². The number of fused-ring (bicyclic) bond motifs is 1. The molecule has 33 heavy (non-hydrogen) atoms. The van der Waals surface area contributed by atoms with Crippen LogP contribution in [-0.2, 0) is 19.1 Å². The molecule has 3 nitrogen and oxygen atoms in total. The van der Waals surface area contributed by atoms with Crippen LogP contribution < -0.4 is 10.2 Å². The summed E-state index contributed by atoms with van der Waals surface area (Å²) >= 11 is 5.65. The highest BCUT2D eigenvalue weighted by molar-refractivity contribution is 7.80. The summed E-state index contributed by atoms with van der Waals surface area (Å²) in [5.74, 6) is 0. The molecule has 0 amide bonds. The highest BCUT2D eigenvalue weighted by atomic mass is 32.1. The fourth-order valence-electron chi connectivity index (χ4n) is 4.22. The molecule has 0 radical (unpaired) electrons. The first-order valence-corrected chi connectivity index (χ1v) is 12.2. The van der Waals surface area contributed by atoms with Crippen LogP contribution in [0.25, 0.3) is 0 Å². The second-order valence-corrected chi connectivity index (χ2v) is 9.19. The van der Waals surface area contributed by atoms with E-state index >= 15 is 0 Å². The molecule has 180 valence electrons.